The van der Waals surface area contributed by atoms with Gasteiger partial charge in [0, 0.05) is 11.8 Å². The molecule has 0 bridgehead atoms. The monoisotopic (exact) mass is 512 g/mol. The molecule has 198 valence electrons. The van der Waals surface area contributed by atoms with Gasteiger partial charge in [0.25, 0.3) is 0 Å². The second-order valence-corrected chi connectivity index (χ2v) is 10.4. The largest absolute Gasteiger partial charge is 0.493 e. The molecule has 0 radical (unpaired) electrons. The van der Waals surface area contributed by atoms with Crippen LogP contribution < -0.4 is 23.7 Å². The number of rotatable bonds is 5. The number of methoxy groups -OCH3 is 3. The number of hydrogen-bond donors (Lipinski definition) is 2. The molecule has 2 fully saturated rings. The maximum atomic E-state index is 13.4. The summed E-state index contributed by atoms with van der Waals surface area (Å²) in [6, 6.07) is 7.24. The zero-order chi connectivity index (χ0) is 25.9. The molecule has 4 atom stereocenters. The minimum absolute atomic E-state index is 0.0110. The summed E-state index contributed by atoms with van der Waals surface area (Å²) in [5.74, 6) is 0.0295. The molecule has 0 unspecified atom stereocenters. The number of fused-ring (bicyclic) bond motifs is 3. The molecule has 2 aromatic rings. The van der Waals surface area contributed by atoms with Gasteiger partial charge in [-0.25, -0.2) is 0 Å². The quantitative estimate of drug-likeness (QED) is 0.583. The lowest BCUT2D eigenvalue weighted by Gasteiger charge is -2.54. The second-order valence-electron chi connectivity index (χ2n) is 10.4. The Morgan fingerprint density at radius 3 is 2.14 bits per heavy atom. The molecular weight excluding hydrogens is 480 g/mol. The SMILES string of the molecule is COc1cc([C@@H]2c3cc4c(cc3[C@](O)(C3(O)CCCCC3)[C@H]3COC(=O)[C@H]23)OCO4)cc(OC)c1OC. The highest BCUT2D eigenvalue weighted by Gasteiger charge is 2.66. The summed E-state index contributed by atoms with van der Waals surface area (Å²) < 4.78 is 33.7. The van der Waals surface area contributed by atoms with Crippen LogP contribution >= 0.6 is 0 Å². The molecule has 9 heteroatoms. The van der Waals surface area contributed by atoms with Crippen LogP contribution in [-0.4, -0.2) is 56.5 Å². The molecule has 2 aliphatic carbocycles. The number of carbonyl (C=O) groups is 1. The van der Waals surface area contributed by atoms with Crippen molar-refractivity contribution >= 4 is 5.97 Å². The number of cyclic esters (lactones) is 1. The van der Waals surface area contributed by atoms with Crippen molar-refractivity contribution < 1.29 is 43.4 Å². The fraction of sp³-hybridized carbons (Fsp3) is 0.536. The first-order valence-corrected chi connectivity index (χ1v) is 12.7. The van der Waals surface area contributed by atoms with E-state index in [0.29, 0.717) is 52.7 Å². The van der Waals surface area contributed by atoms with Gasteiger partial charge in [0.1, 0.15) is 5.60 Å². The lowest BCUT2D eigenvalue weighted by atomic mass is 9.54. The lowest BCUT2D eigenvalue weighted by Crippen LogP contribution is -2.61. The molecular formula is C28H32O9. The molecule has 0 aromatic heterocycles. The number of carbonyl (C=O) groups excluding carboxylic acids is 1. The summed E-state index contributed by atoms with van der Waals surface area (Å²) >= 11 is 0. The van der Waals surface area contributed by atoms with Gasteiger partial charge < -0.3 is 38.6 Å². The highest BCUT2D eigenvalue weighted by atomic mass is 16.7. The fourth-order valence-corrected chi connectivity index (χ4v) is 7.00. The molecule has 4 aliphatic rings. The summed E-state index contributed by atoms with van der Waals surface area (Å²) in [5, 5.41) is 24.7. The van der Waals surface area contributed by atoms with E-state index in [1.807, 2.05) is 18.2 Å². The van der Waals surface area contributed by atoms with E-state index in [1.165, 1.54) is 21.3 Å². The zero-order valence-electron chi connectivity index (χ0n) is 21.2. The van der Waals surface area contributed by atoms with E-state index in [2.05, 4.69) is 0 Å². The van der Waals surface area contributed by atoms with Crippen molar-refractivity contribution in [2.45, 2.75) is 49.2 Å². The van der Waals surface area contributed by atoms with Gasteiger partial charge in [-0.05, 0) is 53.8 Å². The van der Waals surface area contributed by atoms with Gasteiger partial charge in [-0.15, -0.1) is 0 Å². The predicted octanol–water partition coefficient (Wildman–Crippen LogP) is 3.26. The second kappa shape index (κ2) is 8.70. The summed E-state index contributed by atoms with van der Waals surface area (Å²) in [5.41, 5.74) is -1.16. The molecule has 0 amide bonds. The topological polar surface area (TPSA) is 113 Å². The highest BCUT2D eigenvalue weighted by Crippen LogP contribution is 2.62. The Morgan fingerprint density at radius 2 is 1.51 bits per heavy atom. The molecule has 6 rings (SSSR count). The standard InChI is InChI=1S/C28H32O9/c1-32-21-9-15(10-22(33-2)25(21)34-3)23-16-11-19-20(37-14-36-19)12-17(16)28(31,18-13-35-26(29)24(18)23)27(30)7-5-4-6-8-27/h9-12,18,23-24,30-31H,4-8,13-14H2,1-3H3/t18-,23+,24-,28+/m0/s1. The van der Waals surface area contributed by atoms with Gasteiger partial charge in [0.2, 0.25) is 12.5 Å². The van der Waals surface area contributed by atoms with Crippen molar-refractivity contribution in [3.63, 3.8) is 0 Å². The van der Waals surface area contributed by atoms with E-state index >= 15 is 0 Å². The Bertz CT molecular complexity index is 1210. The number of ether oxygens (including phenoxy) is 6. The van der Waals surface area contributed by atoms with E-state index in [1.54, 1.807) is 6.07 Å². The first-order chi connectivity index (χ1) is 17.9. The Labute approximate surface area is 215 Å². The summed E-state index contributed by atoms with van der Waals surface area (Å²) in [6.45, 7) is 0.0712. The highest BCUT2D eigenvalue weighted by molar-refractivity contribution is 5.79. The first-order valence-electron chi connectivity index (χ1n) is 12.7. The Morgan fingerprint density at radius 1 is 0.865 bits per heavy atom. The van der Waals surface area contributed by atoms with Crippen LogP contribution in [0.25, 0.3) is 0 Å². The molecule has 0 spiro atoms. The maximum absolute atomic E-state index is 13.4. The number of benzene rings is 2. The molecule has 37 heavy (non-hydrogen) atoms. The van der Waals surface area contributed by atoms with Gasteiger partial charge in [-0.1, -0.05) is 19.3 Å². The third kappa shape index (κ3) is 3.33. The average molecular weight is 513 g/mol. The fourth-order valence-electron chi connectivity index (χ4n) is 7.00. The van der Waals surface area contributed by atoms with E-state index in [0.717, 1.165) is 24.8 Å². The third-order valence-corrected chi connectivity index (χ3v) is 8.73. The summed E-state index contributed by atoms with van der Waals surface area (Å²) in [7, 11) is 4.61. The van der Waals surface area contributed by atoms with Gasteiger partial charge in [0.05, 0.1) is 39.5 Å². The molecule has 1 saturated heterocycles. The van der Waals surface area contributed by atoms with Crippen LogP contribution in [0.15, 0.2) is 24.3 Å². The van der Waals surface area contributed by atoms with Gasteiger partial charge in [-0.2, -0.15) is 0 Å². The van der Waals surface area contributed by atoms with E-state index in [4.69, 9.17) is 28.4 Å². The van der Waals surface area contributed by atoms with Gasteiger partial charge >= 0.3 is 5.97 Å². The van der Waals surface area contributed by atoms with Crippen LogP contribution in [0.2, 0.25) is 0 Å². The van der Waals surface area contributed by atoms with Crippen LogP contribution in [-0.2, 0) is 15.1 Å². The van der Waals surface area contributed by atoms with Crippen molar-refractivity contribution in [3.8, 4) is 28.7 Å². The van der Waals surface area contributed by atoms with E-state index in [9.17, 15) is 15.0 Å². The van der Waals surface area contributed by atoms with Crippen molar-refractivity contribution in [2.24, 2.45) is 11.8 Å². The Balaban J connectivity index is 1.63. The van der Waals surface area contributed by atoms with Crippen molar-refractivity contribution in [1.82, 2.24) is 0 Å². The van der Waals surface area contributed by atoms with Gasteiger partial charge in [-0.3, -0.25) is 4.79 Å². The number of esters is 1. The molecule has 9 nitrogen and oxygen atoms in total. The normalized spacial score (nSPS) is 29.2. The van der Waals surface area contributed by atoms with Crippen molar-refractivity contribution in [3.05, 3.63) is 41.0 Å². The lowest BCUT2D eigenvalue weighted by molar-refractivity contribution is -0.213. The van der Waals surface area contributed by atoms with Crippen LogP contribution in [0.1, 0.15) is 54.7 Å². The van der Waals surface area contributed by atoms with Crippen LogP contribution in [0.3, 0.4) is 0 Å². The molecule has 2 aromatic carbocycles. The maximum Gasteiger partial charge on any atom is 0.310 e. The third-order valence-electron chi connectivity index (χ3n) is 8.73. The minimum atomic E-state index is -1.71. The van der Waals surface area contributed by atoms with Gasteiger partial charge in [0.15, 0.2) is 23.0 Å². The van der Waals surface area contributed by atoms with Crippen molar-refractivity contribution in [1.29, 1.82) is 0 Å². The average Bonchev–Trinajstić information content (AvgIpc) is 3.54. The summed E-state index contributed by atoms with van der Waals surface area (Å²) in [6.07, 6.45) is 3.44. The van der Waals surface area contributed by atoms with Crippen LogP contribution in [0.5, 0.6) is 28.7 Å². The molecule has 1 saturated carbocycles. The minimum Gasteiger partial charge on any atom is -0.493 e. The van der Waals surface area contributed by atoms with Crippen LogP contribution in [0.4, 0.5) is 0 Å². The summed E-state index contributed by atoms with van der Waals surface area (Å²) in [4.78, 5) is 13.4. The van der Waals surface area contributed by atoms with E-state index in [-0.39, 0.29) is 13.4 Å². The Kier molecular flexibility index (Phi) is 5.69. The Hall–Kier alpha value is -3.17. The van der Waals surface area contributed by atoms with Crippen molar-refractivity contribution in [2.75, 3.05) is 34.7 Å². The predicted molar refractivity (Wildman–Crippen MR) is 130 cm³/mol. The number of hydrogen-bond acceptors (Lipinski definition) is 9. The molecule has 2 heterocycles. The number of aliphatic hydroxyl groups is 2. The smallest absolute Gasteiger partial charge is 0.310 e. The zero-order valence-corrected chi connectivity index (χ0v) is 21.2. The molecule has 2 N–H and O–H groups in total. The van der Waals surface area contributed by atoms with E-state index < -0.39 is 34.9 Å². The van der Waals surface area contributed by atoms with Crippen LogP contribution in [0, 0.1) is 11.8 Å². The first kappa shape index (κ1) is 24.2. The molecule has 2 aliphatic heterocycles.